The van der Waals surface area contributed by atoms with E-state index in [1.807, 2.05) is 6.07 Å². The number of benzene rings is 7. The highest BCUT2D eigenvalue weighted by Crippen LogP contribution is 2.37. The molecule has 0 spiro atoms. The van der Waals surface area contributed by atoms with Crippen molar-refractivity contribution in [3.63, 3.8) is 0 Å². The van der Waals surface area contributed by atoms with E-state index in [0.29, 0.717) is 0 Å². The van der Waals surface area contributed by atoms with E-state index in [2.05, 4.69) is 165 Å². The van der Waals surface area contributed by atoms with Gasteiger partial charge in [0.15, 0.2) is 0 Å². The average Bonchev–Trinajstić information content (AvgIpc) is 3.88. The summed E-state index contributed by atoms with van der Waals surface area (Å²) in [4.78, 5) is 5.08. The quantitative estimate of drug-likeness (QED) is 0.199. The molecule has 0 amide bonds. The van der Waals surface area contributed by atoms with Crippen molar-refractivity contribution in [3.8, 4) is 22.5 Å². The fraction of sp³-hybridized carbons (Fsp3) is 0. The van der Waals surface area contributed by atoms with Gasteiger partial charge in [0, 0.05) is 27.2 Å². The molecule has 0 aliphatic carbocycles. The van der Waals surface area contributed by atoms with Crippen molar-refractivity contribution >= 4 is 71.6 Å². The van der Waals surface area contributed by atoms with Gasteiger partial charge in [-0.1, -0.05) is 78.9 Å². The van der Waals surface area contributed by atoms with Gasteiger partial charge in [-0.05, 0) is 90.0 Å². The molecule has 48 heavy (non-hydrogen) atoms. The Morgan fingerprint density at radius 2 is 1.00 bits per heavy atom. The third-order valence-corrected chi connectivity index (χ3v) is 9.84. The molecule has 4 aromatic heterocycles. The average molecular weight is 615 g/mol. The zero-order chi connectivity index (χ0) is 31.3. The summed E-state index contributed by atoms with van der Waals surface area (Å²) in [6.07, 6.45) is 0. The lowest BCUT2D eigenvalue weighted by Gasteiger charge is -2.10. The lowest BCUT2D eigenvalue weighted by atomic mass is 10.0. The van der Waals surface area contributed by atoms with Gasteiger partial charge < -0.3 is 8.98 Å². The molecular formula is C43H26N4O. The van der Waals surface area contributed by atoms with Gasteiger partial charge in [0.05, 0.1) is 38.8 Å². The zero-order valence-corrected chi connectivity index (χ0v) is 25.7. The standard InChI is InChI=1S/C43H26N4O/c1-4-15-36-31(12-1)32-13-2-5-16-37(32)45(36)29-11-9-10-27(24-29)28-20-22-41-33(25-28)34-26-30(21-23-42(34)48-41)46-39-18-7-8-19-40(39)47-38-17-6-3-14-35(38)44-43(46)47/h1-26H. The maximum atomic E-state index is 6.38. The van der Waals surface area contributed by atoms with Crippen LogP contribution < -0.4 is 0 Å². The number of imidazole rings is 2. The fourth-order valence-electron chi connectivity index (χ4n) is 7.71. The first kappa shape index (κ1) is 25.6. The monoisotopic (exact) mass is 614 g/mol. The molecule has 7 aromatic carbocycles. The third kappa shape index (κ3) is 3.47. The predicted molar refractivity (Wildman–Crippen MR) is 197 cm³/mol. The van der Waals surface area contributed by atoms with Crippen molar-refractivity contribution < 1.29 is 4.42 Å². The fourth-order valence-corrected chi connectivity index (χ4v) is 7.71. The van der Waals surface area contributed by atoms with Gasteiger partial charge in [-0.15, -0.1) is 0 Å². The molecule has 0 aliphatic heterocycles. The minimum absolute atomic E-state index is 0.867. The number of nitrogens with zero attached hydrogens (tertiary/aromatic N) is 4. The van der Waals surface area contributed by atoms with Crippen LogP contribution in [0.3, 0.4) is 0 Å². The molecular weight excluding hydrogens is 589 g/mol. The Kier molecular flexibility index (Phi) is 5.05. The van der Waals surface area contributed by atoms with E-state index >= 15 is 0 Å². The lowest BCUT2D eigenvalue weighted by molar-refractivity contribution is 0.669. The predicted octanol–water partition coefficient (Wildman–Crippen LogP) is 11.1. The molecule has 5 nitrogen and oxygen atoms in total. The van der Waals surface area contributed by atoms with E-state index in [-0.39, 0.29) is 0 Å². The number of hydrogen-bond acceptors (Lipinski definition) is 2. The maximum absolute atomic E-state index is 6.38. The first-order chi connectivity index (χ1) is 23.8. The minimum atomic E-state index is 0.867. The molecule has 0 aliphatic rings. The summed E-state index contributed by atoms with van der Waals surface area (Å²) in [7, 11) is 0. The summed E-state index contributed by atoms with van der Waals surface area (Å²) in [5, 5.41) is 4.69. The zero-order valence-electron chi connectivity index (χ0n) is 25.7. The van der Waals surface area contributed by atoms with E-state index in [0.717, 1.165) is 72.3 Å². The summed E-state index contributed by atoms with van der Waals surface area (Å²) >= 11 is 0. The maximum Gasteiger partial charge on any atom is 0.220 e. The topological polar surface area (TPSA) is 40.3 Å². The number of furan rings is 1. The Hall–Kier alpha value is -6.59. The Morgan fingerprint density at radius 1 is 0.396 bits per heavy atom. The SMILES string of the molecule is c1cc(-c2ccc3oc4ccc(-n5c6ccccc6n6c7ccccc7nc56)cc4c3c2)cc(-n2c3ccccc3c3ccccc32)c1. The Morgan fingerprint density at radius 3 is 1.79 bits per heavy atom. The number of para-hydroxylation sites is 6. The van der Waals surface area contributed by atoms with Crippen LogP contribution in [0.1, 0.15) is 0 Å². The van der Waals surface area contributed by atoms with Crippen molar-refractivity contribution in [3.05, 3.63) is 158 Å². The molecule has 0 saturated heterocycles. The number of hydrogen-bond donors (Lipinski definition) is 0. The van der Waals surface area contributed by atoms with Crippen molar-refractivity contribution in [2.75, 3.05) is 0 Å². The Labute approximate surface area is 274 Å². The first-order valence-corrected chi connectivity index (χ1v) is 16.2. The van der Waals surface area contributed by atoms with Gasteiger partial charge in [0.1, 0.15) is 11.2 Å². The van der Waals surface area contributed by atoms with Crippen molar-refractivity contribution in [1.29, 1.82) is 0 Å². The Balaban J connectivity index is 1.09. The molecule has 0 N–H and O–H groups in total. The highest BCUT2D eigenvalue weighted by atomic mass is 16.3. The van der Waals surface area contributed by atoms with E-state index in [1.54, 1.807) is 0 Å². The molecule has 0 saturated carbocycles. The third-order valence-electron chi connectivity index (χ3n) is 9.84. The number of fused-ring (bicyclic) bond motifs is 11. The molecule has 4 heterocycles. The van der Waals surface area contributed by atoms with Crippen LogP contribution in [0.2, 0.25) is 0 Å². The van der Waals surface area contributed by atoms with E-state index in [4.69, 9.17) is 9.40 Å². The van der Waals surface area contributed by atoms with Gasteiger partial charge in [-0.25, -0.2) is 4.98 Å². The van der Waals surface area contributed by atoms with Crippen LogP contribution >= 0.6 is 0 Å². The summed E-state index contributed by atoms with van der Waals surface area (Å²) in [6.45, 7) is 0. The number of rotatable bonds is 3. The molecule has 0 bridgehead atoms. The van der Waals surface area contributed by atoms with Crippen LogP contribution in [0.25, 0.3) is 94.1 Å². The summed E-state index contributed by atoms with van der Waals surface area (Å²) in [5.74, 6) is 0.895. The molecule has 0 atom stereocenters. The van der Waals surface area contributed by atoms with Crippen molar-refractivity contribution in [2.45, 2.75) is 0 Å². The molecule has 0 fully saturated rings. The normalized spacial score (nSPS) is 12.2. The van der Waals surface area contributed by atoms with Crippen LogP contribution in [0, 0.1) is 0 Å². The summed E-state index contributed by atoms with van der Waals surface area (Å²) in [6, 6.07) is 55.9. The second-order valence-corrected chi connectivity index (χ2v) is 12.5. The van der Waals surface area contributed by atoms with Crippen LogP contribution in [0.15, 0.2) is 162 Å². The highest BCUT2D eigenvalue weighted by molar-refractivity contribution is 6.10. The van der Waals surface area contributed by atoms with Crippen LogP contribution in [0.4, 0.5) is 0 Å². The van der Waals surface area contributed by atoms with Crippen LogP contribution in [-0.2, 0) is 0 Å². The molecule has 11 rings (SSSR count). The smallest absolute Gasteiger partial charge is 0.220 e. The first-order valence-electron chi connectivity index (χ1n) is 16.2. The number of aromatic nitrogens is 4. The van der Waals surface area contributed by atoms with Crippen LogP contribution in [-0.4, -0.2) is 18.5 Å². The molecule has 0 unspecified atom stereocenters. The Bertz CT molecular complexity index is 3030. The molecule has 224 valence electrons. The largest absolute Gasteiger partial charge is 0.456 e. The van der Waals surface area contributed by atoms with Gasteiger partial charge in [0.2, 0.25) is 5.78 Å². The second kappa shape index (κ2) is 9.47. The second-order valence-electron chi connectivity index (χ2n) is 12.5. The van der Waals surface area contributed by atoms with Gasteiger partial charge in [-0.3, -0.25) is 8.97 Å². The minimum Gasteiger partial charge on any atom is -0.456 e. The van der Waals surface area contributed by atoms with Gasteiger partial charge in [-0.2, -0.15) is 0 Å². The van der Waals surface area contributed by atoms with E-state index in [1.165, 1.54) is 21.8 Å². The van der Waals surface area contributed by atoms with Gasteiger partial charge in [0.25, 0.3) is 0 Å². The highest BCUT2D eigenvalue weighted by Gasteiger charge is 2.18. The summed E-state index contributed by atoms with van der Waals surface area (Å²) < 4.78 is 13.3. The molecule has 11 aromatic rings. The molecule has 5 heteroatoms. The van der Waals surface area contributed by atoms with E-state index in [9.17, 15) is 0 Å². The van der Waals surface area contributed by atoms with Crippen molar-refractivity contribution in [2.24, 2.45) is 0 Å². The van der Waals surface area contributed by atoms with E-state index < -0.39 is 0 Å². The van der Waals surface area contributed by atoms with Crippen molar-refractivity contribution in [1.82, 2.24) is 18.5 Å². The summed E-state index contributed by atoms with van der Waals surface area (Å²) in [5.41, 5.74) is 13.0. The van der Waals surface area contributed by atoms with Crippen LogP contribution in [0.5, 0.6) is 0 Å². The lowest BCUT2D eigenvalue weighted by Crippen LogP contribution is -1.94. The van der Waals surface area contributed by atoms with Gasteiger partial charge >= 0.3 is 0 Å². The molecule has 0 radical (unpaired) electrons.